The van der Waals surface area contributed by atoms with Crippen LogP contribution in [0.2, 0.25) is 0 Å². The van der Waals surface area contributed by atoms with Gasteiger partial charge in [0.15, 0.2) is 0 Å². The van der Waals surface area contributed by atoms with Crippen molar-refractivity contribution in [3.63, 3.8) is 0 Å². The van der Waals surface area contributed by atoms with E-state index in [1.165, 1.54) is 0 Å². The van der Waals surface area contributed by atoms with Gasteiger partial charge in [-0.15, -0.1) is 0 Å². The van der Waals surface area contributed by atoms with E-state index in [9.17, 15) is 14.4 Å². The molecule has 5 atom stereocenters. The summed E-state index contributed by atoms with van der Waals surface area (Å²) in [6.07, 6.45) is 1.68. The molecule has 204 valence electrons. The van der Waals surface area contributed by atoms with Gasteiger partial charge >= 0.3 is 0 Å². The number of fused-ring (bicyclic) bond motifs is 1. The van der Waals surface area contributed by atoms with Crippen LogP contribution in [0.3, 0.4) is 0 Å². The number of nitrogens with one attached hydrogen (secondary N) is 3. The molecular formula is C30H40N4O4. The number of carbonyl (C=O) groups excluding carboxylic acids is 3. The minimum atomic E-state index is -0.757. The average Bonchev–Trinajstić information content (AvgIpc) is 3.51. The van der Waals surface area contributed by atoms with E-state index >= 15 is 0 Å². The largest absolute Gasteiger partial charge is 0.363 e. The number of nitrogens with zero attached hydrogens (tertiary/aromatic N) is 1. The van der Waals surface area contributed by atoms with E-state index in [1.54, 1.807) is 25.8 Å². The van der Waals surface area contributed by atoms with Crippen LogP contribution in [-0.2, 0) is 25.5 Å². The second kappa shape index (κ2) is 13.0. The summed E-state index contributed by atoms with van der Waals surface area (Å²) < 4.78 is 6.05. The first-order valence-corrected chi connectivity index (χ1v) is 13.3. The third kappa shape index (κ3) is 6.95. The van der Waals surface area contributed by atoms with Gasteiger partial charge in [0, 0.05) is 13.0 Å². The molecule has 0 bridgehead atoms. The SMILES string of the molecule is CC#CC#CCO[C@H]1Cc2ccccc2C1NC(=O)[C@@H]1CCCN1C(=O)[C@@H](NC(=O)[C@H](C)NC)C(C)(C)C. The highest BCUT2D eigenvalue weighted by Crippen LogP contribution is 2.34. The first kappa shape index (κ1) is 29.2. The van der Waals surface area contributed by atoms with Gasteiger partial charge in [0.1, 0.15) is 18.7 Å². The Morgan fingerprint density at radius 3 is 2.61 bits per heavy atom. The molecule has 1 aromatic rings. The Morgan fingerprint density at radius 2 is 1.92 bits per heavy atom. The molecule has 8 nitrogen and oxygen atoms in total. The molecule has 0 radical (unpaired) electrons. The molecule has 8 heteroatoms. The van der Waals surface area contributed by atoms with Crippen LogP contribution < -0.4 is 16.0 Å². The molecule has 3 N–H and O–H groups in total. The lowest BCUT2D eigenvalue weighted by atomic mass is 9.85. The number of likely N-dealkylation sites (N-methyl/N-ethyl adjacent to an activating group) is 1. The summed E-state index contributed by atoms with van der Waals surface area (Å²) in [5, 5.41) is 8.99. The molecule has 0 spiro atoms. The third-order valence-electron chi connectivity index (χ3n) is 7.19. The first-order chi connectivity index (χ1) is 18.1. The summed E-state index contributed by atoms with van der Waals surface area (Å²) >= 11 is 0. The third-order valence-corrected chi connectivity index (χ3v) is 7.19. The lowest BCUT2D eigenvalue weighted by molar-refractivity contribution is -0.144. The molecule has 38 heavy (non-hydrogen) atoms. The second-order valence-corrected chi connectivity index (χ2v) is 10.9. The lowest BCUT2D eigenvalue weighted by Crippen LogP contribution is -2.59. The summed E-state index contributed by atoms with van der Waals surface area (Å²) in [5.41, 5.74) is 1.61. The van der Waals surface area contributed by atoms with Crippen molar-refractivity contribution in [3.8, 4) is 23.7 Å². The highest BCUT2D eigenvalue weighted by atomic mass is 16.5. The van der Waals surface area contributed by atoms with Crippen molar-refractivity contribution in [1.29, 1.82) is 0 Å². The van der Waals surface area contributed by atoms with Crippen LogP contribution in [-0.4, -0.2) is 67.1 Å². The van der Waals surface area contributed by atoms with Crippen molar-refractivity contribution < 1.29 is 19.1 Å². The zero-order valence-corrected chi connectivity index (χ0v) is 23.3. The number of amides is 3. The molecule has 1 heterocycles. The highest BCUT2D eigenvalue weighted by molar-refractivity contribution is 5.94. The molecule has 1 fully saturated rings. The smallest absolute Gasteiger partial charge is 0.246 e. The average molecular weight is 521 g/mol. The molecule has 3 rings (SSSR count). The minimum Gasteiger partial charge on any atom is -0.363 e. The molecular weight excluding hydrogens is 480 g/mol. The topological polar surface area (TPSA) is 99.8 Å². The predicted octanol–water partition coefficient (Wildman–Crippen LogP) is 1.94. The Balaban J connectivity index is 1.76. The maximum Gasteiger partial charge on any atom is 0.246 e. The fourth-order valence-corrected chi connectivity index (χ4v) is 4.94. The van der Waals surface area contributed by atoms with Gasteiger partial charge in [0.25, 0.3) is 0 Å². The zero-order valence-electron chi connectivity index (χ0n) is 23.3. The number of benzene rings is 1. The molecule has 3 amide bonds. The molecule has 1 aromatic carbocycles. The van der Waals surface area contributed by atoms with Crippen LogP contribution in [0.5, 0.6) is 0 Å². The number of carbonyl (C=O) groups is 3. The number of rotatable bonds is 8. The molecule has 0 saturated carbocycles. The van der Waals surface area contributed by atoms with E-state index in [2.05, 4.69) is 39.6 Å². The standard InChI is InChI=1S/C30H40N4O4/c1-7-8-9-12-18-38-24-19-21-14-10-11-15-22(21)25(24)32-28(36)23-16-13-17-34(23)29(37)26(30(3,4)5)33-27(35)20(2)31-6/h10-11,14-15,20,23-26,31H,13,16-19H2,1-6H3,(H,32,36)(H,33,35)/t20-,23-,24-,25?,26+/m0/s1. The molecule has 0 aromatic heterocycles. The summed E-state index contributed by atoms with van der Waals surface area (Å²) in [5.74, 6) is 10.4. The zero-order chi connectivity index (χ0) is 27.9. The first-order valence-electron chi connectivity index (χ1n) is 13.3. The van der Waals surface area contributed by atoms with Gasteiger partial charge in [-0.2, -0.15) is 0 Å². The number of likely N-dealkylation sites (tertiary alicyclic amines) is 1. The molecule has 1 aliphatic heterocycles. The number of ether oxygens (including phenoxy) is 1. The van der Waals surface area contributed by atoms with Gasteiger partial charge in [-0.05, 0) is 62.1 Å². The van der Waals surface area contributed by atoms with Crippen molar-refractivity contribution in [2.24, 2.45) is 5.41 Å². The van der Waals surface area contributed by atoms with E-state index in [4.69, 9.17) is 4.74 Å². The Bertz CT molecular complexity index is 1150. The second-order valence-electron chi connectivity index (χ2n) is 10.9. The molecule has 2 aliphatic rings. The van der Waals surface area contributed by atoms with Gasteiger partial charge in [-0.3, -0.25) is 14.4 Å². The predicted molar refractivity (Wildman–Crippen MR) is 147 cm³/mol. The molecule has 1 unspecified atom stereocenters. The van der Waals surface area contributed by atoms with Gasteiger partial charge < -0.3 is 25.6 Å². The van der Waals surface area contributed by atoms with Crippen LogP contribution in [0.4, 0.5) is 0 Å². The van der Waals surface area contributed by atoms with Crippen molar-refractivity contribution in [2.45, 2.75) is 84.2 Å². The Hall–Kier alpha value is -3.33. The Kier molecular flexibility index (Phi) is 9.96. The van der Waals surface area contributed by atoms with Crippen LogP contribution in [0, 0.1) is 29.1 Å². The fourth-order valence-electron chi connectivity index (χ4n) is 4.94. The normalized spacial score (nSPS) is 21.7. The van der Waals surface area contributed by atoms with Crippen LogP contribution in [0.1, 0.15) is 64.6 Å². The highest BCUT2D eigenvalue weighted by Gasteiger charge is 2.43. The fraction of sp³-hybridized carbons (Fsp3) is 0.567. The maximum atomic E-state index is 13.7. The van der Waals surface area contributed by atoms with Crippen LogP contribution in [0.25, 0.3) is 0 Å². The van der Waals surface area contributed by atoms with E-state index in [0.29, 0.717) is 19.4 Å². The lowest BCUT2D eigenvalue weighted by Gasteiger charge is -2.36. The van der Waals surface area contributed by atoms with Crippen molar-refractivity contribution in [1.82, 2.24) is 20.9 Å². The minimum absolute atomic E-state index is 0.211. The van der Waals surface area contributed by atoms with Gasteiger partial charge in [0.05, 0.1) is 18.2 Å². The molecule has 1 saturated heterocycles. The summed E-state index contributed by atoms with van der Waals surface area (Å²) in [7, 11) is 1.70. The van der Waals surface area contributed by atoms with Gasteiger partial charge in [-0.1, -0.05) is 56.9 Å². The van der Waals surface area contributed by atoms with E-state index in [1.807, 2.05) is 45.0 Å². The quantitative estimate of drug-likeness (QED) is 0.455. The summed E-state index contributed by atoms with van der Waals surface area (Å²) in [4.78, 5) is 41.6. The monoisotopic (exact) mass is 520 g/mol. The van der Waals surface area contributed by atoms with E-state index < -0.39 is 23.5 Å². The van der Waals surface area contributed by atoms with E-state index in [-0.39, 0.29) is 36.5 Å². The summed E-state index contributed by atoms with van der Waals surface area (Å²) in [6, 6.07) is 5.82. The number of hydrogen-bond acceptors (Lipinski definition) is 5. The molecule has 1 aliphatic carbocycles. The Labute approximate surface area is 226 Å². The van der Waals surface area contributed by atoms with E-state index in [0.717, 1.165) is 17.5 Å². The van der Waals surface area contributed by atoms with Crippen molar-refractivity contribution in [3.05, 3.63) is 35.4 Å². The van der Waals surface area contributed by atoms with Gasteiger partial charge in [-0.25, -0.2) is 0 Å². The maximum absolute atomic E-state index is 13.7. The van der Waals surface area contributed by atoms with Crippen molar-refractivity contribution in [2.75, 3.05) is 20.2 Å². The van der Waals surface area contributed by atoms with Crippen LogP contribution >= 0.6 is 0 Å². The number of hydrogen-bond donors (Lipinski definition) is 3. The van der Waals surface area contributed by atoms with Gasteiger partial charge in [0.2, 0.25) is 17.7 Å². The van der Waals surface area contributed by atoms with Crippen LogP contribution in [0.15, 0.2) is 24.3 Å². The Morgan fingerprint density at radius 1 is 1.18 bits per heavy atom. The van der Waals surface area contributed by atoms with Crippen molar-refractivity contribution >= 4 is 17.7 Å². The summed E-state index contributed by atoms with van der Waals surface area (Å²) in [6.45, 7) is 9.90.